The first-order valence-electron chi connectivity index (χ1n) is 5.99. The molecule has 0 aromatic heterocycles. The number of carboxylic acid groups (broad SMARTS) is 1. The van der Waals surface area contributed by atoms with Gasteiger partial charge < -0.3 is 10.4 Å². The Bertz CT molecular complexity index is 729. The molecule has 21 heavy (non-hydrogen) atoms. The van der Waals surface area contributed by atoms with Gasteiger partial charge in [0.05, 0.1) is 11.1 Å². The summed E-state index contributed by atoms with van der Waals surface area (Å²) in [5, 5.41) is 11.8. The average molecular weight is 507 g/mol. The highest BCUT2D eigenvalue weighted by Gasteiger charge is 2.13. The fraction of sp³-hybridized carbons (Fsp3) is 0.0667. The van der Waals surface area contributed by atoms with Crippen molar-refractivity contribution < 1.29 is 14.7 Å². The Morgan fingerprint density at radius 2 is 1.81 bits per heavy atom. The first kappa shape index (κ1) is 16.2. The predicted octanol–water partition coefficient (Wildman–Crippen LogP) is 4.15. The molecule has 0 spiro atoms. The van der Waals surface area contributed by atoms with E-state index in [-0.39, 0.29) is 11.5 Å². The van der Waals surface area contributed by atoms with E-state index < -0.39 is 5.97 Å². The fourth-order valence-electron chi connectivity index (χ4n) is 1.75. The summed E-state index contributed by atoms with van der Waals surface area (Å²) in [6.07, 6.45) is 0. The van der Waals surface area contributed by atoms with Gasteiger partial charge in [-0.15, -0.1) is 0 Å². The zero-order valence-electron chi connectivity index (χ0n) is 11.0. The number of benzene rings is 2. The Labute approximate surface area is 149 Å². The number of carbonyl (C=O) groups is 2. The van der Waals surface area contributed by atoms with Gasteiger partial charge in [0.1, 0.15) is 0 Å². The van der Waals surface area contributed by atoms with Gasteiger partial charge in [0.15, 0.2) is 0 Å². The van der Waals surface area contributed by atoms with Crippen molar-refractivity contribution in [2.45, 2.75) is 6.92 Å². The molecule has 0 radical (unpaired) electrons. The summed E-state index contributed by atoms with van der Waals surface area (Å²) >= 11 is 4.25. The van der Waals surface area contributed by atoms with Crippen molar-refractivity contribution in [1.82, 2.24) is 0 Å². The number of halogens is 2. The molecule has 0 saturated carbocycles. The molecule has 2 N–H and O–H groups in total. The molecule has 2 aromatic carbocycles. The van der Waals surface area contributed by atoms with Crippen LogP contribution in [0.1, 0.15) is 26.3 Å². The van der Waals surface area contributed by atoms with E-state index in [0.717, 1.165) is 12.7 Å². The van der Waals surface area contributed by atoms with E-state index in [1.165, 1.54) is 12.1 Å². The Balaban J connectivity index is 2.33. The topological polar surface area (TPSA) is 66.4 Å². The summed E-state index contributed by atoms with van der Waals surface area (Å²) in [7, 11) is 0. The molecule has 0 unspecified atom stereocenters. The van der Waals surface area contributed by atoms with Gasteiger partial charge in [-0.2, -0.15) is 0 Å². The molecule has 1 amide bonds. The minimum atomic E-state index is -1.02. The molecule has 0 aliphatic rings. The van der Waals surface area contributed by atoms with Crippen molar-refractivity contribution in [3.8, 4) is 0 Å². The van der Waals surface area contributed by atoms with Crippen molar-refractivity contribution in [3.63, 3.8) is 0 Å². The first-order valence-corrected chi connectivity index (χ1v) is 8.14. The van der Waals surface area contributed by atoms with Crippen LogP contribution in [0.4, 0.5) is 5.69 Å². The van der Waals surface area contributed by atoms with Crippen LogP contribution in [0.5, 0.6) is 0 Å². The lowest BCUT2D eigenvalue weighted by atomic mass is 10.1. The van der Waals surface area contributed by atoms with Crippen LogP contribution in [-0.4, -0.2) is 17.0 Å². The van der Waals surface area contributed by atoms with Crippen LogP contribution in [0.2, 0.25) is 0 Å². The van der Waals surface area contributed by atoms with Crippen molar-refractivity contribution in [2.24, 2.45) is 0 Å². The third kappa shape index (κ3) is 3.94. The minimum Gasteiger partial charge on any atom is -0.478 e. The lowest BCUT2D eigenvalue weighted by Crippen LogP contribution is -2.15. The second kappa shape index (κ2) is 6.73. The molecule has 6 heteroatoms. The smallest absolute Gasteiger partial charge is 0.335 e. The quantitative estimate of drug-likeness (QED) is 0.614. The highest BCUT2D eigenvalue weighted by molar-refractivity contribution is 14.1. The van der Waals surface area contributed by atoms with Gasteiger partial charge in [0.2, 0.25) is 0 Å². The summed E-state index contributed by atoms with van der Waals surface area (Å²) in [6, 6.07) is 10.3. The van der Waals surface area contributed by atoms with Crippen LogP contribution < -0.4 is 5.32 Å². The van der Waals surface area contributed by atoms with E-state index in [1.54, 1.807) is 12.1 Å². The number of carbonyl (C=O) groups excluding carboxylic acids is 1. The molecule has 0 atom stereocenters. The van der Waals surface area contributed by atoms with Crippen molar-refractivity contribution in [2.75, 3.05) is 5.32 Å². The molecule has 0 fully saturated rings. The number of rotatable bonds is 3. The number of aryl methyl sites for hydroxylation is 1. The maximum atomic E-state index is 12.4. The Morgan fingerprint density at radius 3 is 2.48 bits per heavy atom. The molecule has 2 rings (SSSR count). The van der Waals surface area contributed by atoms with E-state index in [9.17, 15) is 9.59 Å². The molecular formula is C15H11I2NO3. The number of amides is 1. The van der Waals surface area contributed by atoms with Gasteiger partial charge in [-0.1, -0.05) is 6.07 Å². The molecule has 108 valence electrons. The van der Waals surface area contributed by atoms with Gasteiger partial charge in [0.25, 0.3) is 5.91 Å². The molecule has 0 heterocycles. The van der Waals surface area contributed by atoms with Crippen LogP contribution in [0.15, 0.2) is 36.4 Å². The maximum Gasteiger partial charge on any atom is 0.335 e. The molecule has 0 bridgehead atoms. The second-order valence-corrected chi connectivity index (χ2v) is 6.82. The zero-order chi connectivity index (χ0) is 15.6. The van der Waals surface area contributed by atoms with Crippen LogP contribution in [0.25, 0.3) is 0 Å². The third-order valence-corrected chi connectivity index (χ3v) is 4.52. The van der Waals surface area contributed by atoms with E-state index >= 15 is 0 Å². The predicted molar refractivity (Wildman–Crippen MR) is 98.0 cm³/mol. The van der Waals surface area contributed by atoms with Gasteiger partial charge >= 0.3 is 5.97 Å². The number of carboxylic acids is 1. The lowest BCUT2D eigenvalue weighted by Gasteiger charge is -2.10. The maximum absolute atomic E-state index is 12.4. The Morgan fingerprint density at radius 1 is 1.10 bits per heavy atom. The van der Waals surface area contributed by atoms with Crippen LogP contribution in [0, 0.1) is 14.1 Å². The number of nitrogens with one attached hydrogen (secondary N) is 1. The minimum absolute atomic E-state index is 0.147. The molecule has 0 aliphatic carbocycles. The normalized spacial score (nSPS) is 10.2. The summed E-state index contributed by atoms with van der Waals surface area (Å²) in [4.78, 5) is 23.4. The van der Waals surface area contributed by atoms with Gasteiger partial charge in [-0.3, -0.25) is 4.79 Å². The molecule has 2 aromatic rings. The summed E-state index contributed by atoms with van der Waals surface area (Å²) in [5.74, 6) is -1.27. The first-order chi connectivity index (χ1) is 9.88. The number of aromatic carboxylic acids is 1. The monoisotopic (exact) mass is 507 g/mol. The van der Waals surface area contributed by atoms with Crippen LogP contribution in [-0.2, 0) is 0 Å². The zero-order valence-corrected chi connectivity index (χ0v) is 15.3. The second-order valence-electron chi connectivity index (χ2n) is 4.41. The largest absolute Gasteiger partial charge is 0.478 e. The summed E-state index contributed by atoms with van der Waals surface area (Å²) in [5.41, 5.74) is 2.04. The van der Waals surface area contributed by atoms with Crippen LogP contribution in [0.3, 0.4) is 0 Å². The number of anilines is 1. The van der Waals surface area contributed by atoms with Crippen molar-refractivity contribution in [3.05, 3.63) is 60.2 Å². The standard InChI is InChI=1S/C15H11I2NO3/c1-8-2-3-9(15(20)21)6-13(8)18-14(19)11-7-10(16)4-5-12(11)17/h2-7H,1H3,(H,18,19)(H,20,21). The Hall–Kier alpha value is -1.16. The van der Waals surface area contributed by atoms with Gasteiger partial charge in [0, 0.05) is 12.8 Å². The third-order valence-electron chi connectivity index (χ3n) is 2.91. The highest BCUT2D eigenvalue weighted by atomic mass is 127. The fourth-order valence-corrected chi connectivity index (χ4v) is 2.82. The SMILES string of the molecule is Cc1ccc(C(=O)O)cc1NC(=O)c1cc(I)ccc1I. The molecule has 0 aliphatic heterocycles. The van der Waals surface area contributed by atoms with Crippen molar-refractivity contribution >= 4 is 62.7 Å². The number of hydrogen-bond acceptors (Lipinski definition) is 2. The summed E-state index contributed by atoms with van der Waals surface area (Å²) in [6.45, 7) is 1.82. The Kier molecular flexibility index (Phi) is 5.20. The van der Waals surface area contributed by atoms with Gasteiger partial charge in [-0.05, 0) is 88.0 Å². The van der Waals surface area contributed by atoms with E-state index in [4.69, 9.17) is 5.11 Å². The lowest BCUT2D eigenvalue weighted by molar-refractivity contribution is 0.0696. The number of hydrogen-bond donors (Lipinski definition) is 2. The van der Waals surface area contributed by atoms with Crippen molar-refractivity contribution in [1.29, 1.82) is 0 Å². The highest BCUT2D eigenvalue weighted by Crippen LogP contribution is 2.21. The average Bonchev–Trinajstić information content (AvgIpc) is 2.43. The molecule has 4 nitrogen and oxygen atoms in total. The van der Waals surface area contributed by atoms with Crippen LogP contribution >= 0.6 is 45.2 Å². The molecule has 0 saturated heterocycles. The van der Waals surface area contributed by atoms with E-state index in [0.29, 0.717) is 11.3 Å². The van der Waals surface area contributed by atoms with Gasteiger partial charge in [-0.25, -0.2) is 4.79 Å². The molecular weight excluding hydrogens is 496 g/mol. The summed E-state index contributed by atoms with van der Waals surface area (Å²) < 4.78 is 1.81. The van der Waals surface area contributed by atoms with E-state index in [1.807, 2.05) is 19.1 Å². The van der Waals surface area contributed by atoms with E-state index in [2.05, 4.69) is 50.5 Å².